The summed E-state index contributed by atoms with van der Waals surface area (Å²) in [7, 11) is 3.09. The zero-order chi connectivity index (χ0) is 19.7. The number of aryl methyl sites for hydroxylation is 3. The van der Waals surface area contributed by atoms with Crippen molar-refractivity contribution in [1.29, 1.82) is 0 Å². The van der Waals surface area contributed by atoms with Gasteiger partial charge in [-0.15, -0.1) is 0 Å². The summed E-state index contributed by atoms with van der Waals surface area (Å²) < 4.78 is 36.2. The van der Waals surface area contributed by atoms with Gasteiger partial charge in [-0.3, -0.25) is 9.48 Å². The molecular formula is C18H18F2N4O3. The molecule has 0 aliphatic rings. The molecule has 9 heteroatoms. The van der Waals surface area contributed by atoms with Gasteiger partial charge in [0.25, 0.3) is 5.91 Å². The van der Waals surface area contributed by atoms with Crippen LogP contribution < -0.4 is 14.8 Å². The SMILES string of the molecule is COc1ccc(NC(=O)c2cc(C)nc3c2c(C)nn3C)cc1OC(F)F. The summed E-state index contributed by atoms with van der Waals surface area (Å²) in [5.74, 6) is -0.438. The van der Waals surface area contributed by atoms with Crippen molar-refractivity contribution in [2.24, 2.45) is 7.05 Å². The Morgan fingerprint density at radius 3 is 2.63 bits per heavy atom. The Labute approximate surface area is 153 Å². The van der Waals surface area contributed by atoms with Crippen LogP contribution in [0, 0.1) is 13.8 Å². The van der Waals surface area contributed by atoms with E-state index in [1.165, 1.54) is 25.3 Å². The van der Waals surface area contributed by atoms with Gasteiger partial charge in [-0.1, -0.05) is 0 Å². The summed E-state index contributed by atoms with van der Waals surface area (Å²) >= 11 is 0. The number of aromatic nitrogens is 3. The number of hydrogen-bond donors (Lipinski definition) is 1. The number of nitrogens with one attached hydrogen (secondary N) is 1. The molecule has 1 amide bonds. The number of pyridine rings is 1. The maximum atomic E-state index is 12.8. The van der Waals surface area contributed by atoms with Crippen molar-refractivity contribution in [3.63, 3.8) is 0 Å². The smallest absolute Gasteiger partial charge is 0.387 e. The quantitative estimate of drug-likeness (QED) is 0.738. The molecule has 2 aromatic heterocycles. The van der Waals surface area contributed by atoms with E-state index in [0.29, 0.717) is 33.7 Å². The minimum atomic E-state index is -3.01. The number of amides is 1. The molecule has 0 spiro atoms. The fraction of sp³-hybridized carbons (Fsp3) is 0.278. The molecule has 7 nitrogen and oxygen atoms in total. The number of rotatable bonds is 5. The number of benzene rings is 1. The van der Waals surface area contributed by atoms with E-state index in [2.05, 4.69) is 20.1 Å². The Morgan fingerprint density at radius 2 is 1.96 bits per heavy atom. The number of fused-ring (bicyclic) bond motifs is 1. The van der Waals surface area contributed by atoms with Gasteiger partial charge in [0.2, 0.25) is 0 Å². The van der Waals surface area contributed by atoms with E-state index in [1.54, 1.807) is 31.6 Å². The van der Waals surface area contributed by atoms with Crippen molar-refractivity contribution in [3.05, 3.63) is 41.2 Å². The summed E-state index contributed by atoms with van der Waals surface area (Å²) in [4.78, 5) is 17.2. The lowest BCUT2D eigenvalue weighted by Crippen LogP contribution is -2.14. The second kappa shape index (κ2) is 7.18. The maximum absolute atomic E-state index is 12.8. The molecule has 0 aliphatic carbocycles. The molecule has 1 N–H and O–H groups in total. The molecule has 3 aromatic rings. The lowest BCUT2D eigenvalue weighted by Gasteiger charge is -2.13. The minimum absolute atomic E-state index is 0.138. The largest absolute Gasteiger partial charge is 0.493 e. The first-order valence-electron chi connectivity index (χ1n) is 8.05. The molecule has 0 aliphatic heterocycles. The second-order valence-corrected chi connectivity index (χ2v) is 5.92. The Morgan fingerprint density at radius 1 is 1.22 bits per heavy atom. The fourth-order valence-electron chi connectivity index (χ4n) is 2.89. The Balaban J connectivity index is 1.98. The molecule has 0 saturated heterocycles. The zero-order valence-electron chi connectivity index (χ0n) is 15.2. The second-order valence-electron chi connectivity index (χ2n) is 5.92. The molecule has 0 radical (unpaired) electrons. The van der Waals surface area contributed by atoms with E-state index < -0.39 is 12.5 Å². The average Bonchev–Trinajstić information content (AvgIpc) is 2.88. The molecule has 27 heavy (non-hydrogen) atoms. The van der Waals surface area contributed by atoms with E-state index in [0.717, 1.165) is 0 Å². The summed E-state index contributed by atoms with van der Waals surface area (Å²) in [6.07, 6.45) is 0. The molecule has 0 bridgehead atoms. The summed E-state index contributed by atoms with van der Waals surface area (Å²) in [5.41, 5.74) is 2.61. The molecule has 0 fully saturated rings. The van der Waals surface area contributed by atoms with Gasteiger partial charge >= 0.3 is 6.61 Å². The highest BCUT2D eigenvalue weighted by atomic mass is 19.3. The number of ether oxygens (including phenoxy) is 2. The fourth-order valence-corrected chi connectivity index (χ4v) is 2.89. The van der Waals surface area contributed by atoms with Gasteiger partial charge in [0, 0.05) is 24.5 Å². The third kappa shape index (κ3) is 3.67. The standard InChI is InChI=1S/C18H18F2N4O3/c1-9-7-12(15-10(2)23-24(3)16(15)21-9)17(25)22-11-5-6-13(26-4)14(8-11)27-18(19)20/h5-8,18H,1-4H3,(H,22,25). The highest BCUT2D eigenvalue weighted by Gasteiger charge is 2.19. The lowest BCUT2D eigenvalue weighted by atomic mass is 10.1. The Hall–Kier alpha value is -3.23. The van der Waals surface area contributed by atoms with Crippen LogP contribution in [-0.4, -0.2) is 34.4 Å². The van der Waals surface area contributed by atoms with Crippen LogP contribution in [0.5, 0.6) is 11.5 Å². The van der Waals surface area contributed by atoms with Crippen LogP contribution in [0.1, 0.15) is 21.7 Å². The van der Waals surface area contributed by atoms with Gasteiger partial charge in [-0.2, -0.15) is 13.9 Å². The predicted octanol–water partition coefficient (Wildman–Crippen LogP) is 3.45. The topological polar surface area (TPSA) is 78.3 Å². The van der Waals surface area contributed by atoms with Crippen LogP contribution in [0.15, 0.2) is 24.3 Å². The first-order valence-corrected chi connectivity index (χ1v) is 8.05. The van der Waals surface area contributed by atoms with Crippen LogP contribution in [0.3, 0.4) is 0 Å². The number of nitrogens with zero attached hydrogens (tertiary/aromatic N) is 3. The normalized spacial score (nSPS) is 11.1. The predicted molar refractivity (Wildman–Crippen MR) is 95.6 cm³/mol. The van der Waals surface area contributed by atoms with Crippen molar-refractivity contribution in [3.8, 4) is 11.5 Å². The zero-order valence-corrected chi connectivity index (χ0v) is 15.2. The molecule has 1 aromatic carbocycles. The summed E-state index contributed by atoms with van der Waals surface area (Å²) in [6, 6.07) is 5.92. The molecule has 2 heterocycles. The van der Waals surface area contributed by atoms with Crippen LogP contribution in [0.4, 0.5) is 14.5 Å². The van der Waals surface area contributed by atoms with Crippen LogP contribution in [0.2, 0.25) is 0 Å². The van der Waals surface area contributed by atoms with E-state index >= 15 is 0 Å². The van der Waals surface area contributed by atoms with Gasteiger partial charge < -0.3 is 14.8 Å². The molecule has 3 rings (SSSR count). The van der Waals surface area contributed by atoms with Gasteiger partial charge in [0.05, 0.1) is 23.8 Å². The average molecular weight is 376 g/mol. The number of hydrogen-bond acceptors (Lipinski definition) is 5. The molecule has 0 unspecified atom stereocenters. The van der Waals surface area contributed by atoms with Crippen molar-refractivity contribution < 1.29 is 23.0 Å². The third-order valence-corrected chi connectivity index (χ3v) is 3.98. The summed E-state index contributed by atoms with van der Waals surface area (Å²) in [5, 5.41) is 7.64. The maximum Gasteiger partial charge on any atom is 0.387 e. The van der Waals surface area contributed by atoms with Crippen LogP contribution in [-0.2, 0) is 7.05 Å². The van der Waals surface area contributed by atoms with E-state index in [-0.39, 0.29) is 11.5 Å². The van der Waals surface area contributed by atoms with Crippen LogP contribution in [0.25, 0.3) is 11.0 Å². The van der Waals surface area contributed by atoms with Crippen molar-refractivity contribution in [2.45, 2.75) is 20.5 Å². The first kappa shape index (κ1) is 18.6. The molecule has 0 saturated carbocycles. The lowest BCUT2D eigenvalue weighted by molar-refractivity contribution is -0.0511. The molecular weight excluding hydrogens is 358 g/mol. The Kier molecular flexibility index (Phi) is 4.93. The highest BCUT2D eigenvalue weighted by Crippen LogP contribution is 2.32. The minimum Gasteiger partial charge on any atom is -0.493 e. The number of carbonyl (C=O) groups excluding carboxylic acids is 1. The van der Waals surface area contributed by atoms with Gasteiger partial charge in [0.15, 0.2) is 17.1 Å². The van der Waals surface area contributed by atoms with E-state index in [1.807, 2.05) is 0 Å². The van der Waals surface area contributed by atoms with E-state index in [4.69, 9.17) is 4.74 Å². The molecule has 0 atom stereocenters. The Bertz CT molecular complexity index is 1020. The third-order valence-electron chi connectivity index (χ3n) is 3.98. The number of halogens is 2. The van der Waals surface area contributed by atoms with Gasteiger partial charge in [-0.25, -0.2) is 4.98 Å². The monoisotopic (exact) mass is 376 g/mol. The van der Waals surface area contributed by atoms with Gasteiger partial charge in [-0.05, 0) is 32.0 Å². The number of methoxy groups -OCH3 is 1. The van der Waals surface area contributed by atoms with Crippen molar-refractivity contribution in [1.82, 2.24) is 14.8 Å². The van der Waals surface area contributed by atoms with Crippen molar-refractivity contribution in [2.75, 3.05) is 12.4 Å². The first-order chi connectivity index (χ1) is 12.8. The summed E-state index contributed by atoms with van der Waals surface area (Å²) in [6.45, 7) is 0.559. The molecule has 142 valence electrons. The number of anilines is 1. The number of carbonyl (C=O) groups is 1. The van der Waals surface area contributed by atoms with Crippen molar-refractivity contribution >= 4 is 22.6 Å². The number of alkyl halides is 2. The van der Waals surface area contributed by atoms with Crippen LogP contribution >= 0.6 is 0 Å². The highest BCUT2D eigenvalue weighted by molar-refractivity contribution is 6.12. The van der Waals surface area contributed by atoms with E-state index in [9.17, 15) is 13.6 Å². The van der Waals surface area contributed by atoms with Gasteiger partial charge in [0.1, 0.15) is 0 Å².